The third kappa shape index (κ3) is 1.26. The molecular formula is C10H17N3O. The van der Waals surface area contributed by atoms with Gasteiger partial charge in [-0.1, -0.05) is 0 Å². The van der Waals surface area contributed by atoms with Crippen LogP contribution in [0.5, 0.6) is 0 Å². The maximum Gasteiger partial charge on any atom is 0.0954 e. The Morgan fingerprint density at radius 3 is 3.14 bits per heavy atom. The number of nitrogens with two attached hydrogens (primary N) is 1. The topological polar surface area (TPSA) is 53.1 Å². The first-order chi connectivity index (χ1) is 6.68. The van der Waals surface area contributed by atoms with Crippen molar-refractivity contribution in [3.05, 3.63) is 18.2 Å². The zero-order chi connectivity index (χ0) is 10.2. The van der Waals surface area contributed by atoms with Crippen LogP contribution in [0.1, 0.15) is 26.0 Å². The first-order valence-electron chi connectivity index (χ1n) is 5.02. The lowest BCUT2D eigenvalue weighted by atomic mass is 9.94. The van der Waals surface area contributed by atoms with Crippen molar-refractivity contribution in [1.82, 2.24) is 9.55 Å². The van der Waals surface area contributed by atoms with Gasteiger partial charge in [0.1, 0.15) is 0 Å². The standard InChI is InChI=1S/C10H17N3O/c1-8-10(2,3-4-14-8)13-7-12-6-9(13)5-11/h6-8H,3-5,11H2,1-2H3. The monoisotopic (exact) mass is 195 g/mol. The van der Waals surface area contributed by atoms with Gasteiger partial charge in [-0.2, -0.15) is 0 Å². The summed E-state index contributed by atoms with van der Waals surface area (Å²) in [7, 11) is 0. The summed E-state index contributed by atoms with van der Waals surface area (Å²) >= 11 is 0. The molecule has 2 rings (SSSR count). The van der Waals surface area contributed by atoms with Gasteiger partial charge in [0.15, 0.2) is 0 Å². The lowest BCUT2D eigenvalue weighted by molar-refractivity contribution is 0.0749. The van der Waals surface area contributed by atoms with Crippen LogP contribution < -0.4 is 5.73 Å². The van der Waals surface area contributed by atoms with Crippen LogP contribution in [-0.4, -0.2) is 22.3 Å². The Kier molecular flexibility index (Phi) is 2.33. The van der Waals surface area contributed by atoms with Crippen molar-refractivity contribution in [3.8, 4) is 0 Å². The van der Waals surface area contributed by atoms with E-state index in [1.54, 1.807) is 0 Å². The second kappa shape index (κ2) is 3.37. The van der Waals surface area contributed by atoms with Crippen molar-refractivity contribution < 1.29 is 4.74 Å². The summed E-state index contributed by atoms with van der Waals surface area (Å²) in [6, 6.07) is 0. The lowest BCUT2D eigenvalue weighted by Gasteiger charge is -2.30. The van der Waals surface area contributed by atoms with Gasteiger partial charge in [-0.05, 0) is 20.3 Å². The highest BCUT2D eigenvalue weighted by Gasteiger charge is 2.39. The summed E-state index contributed by atoms with van der Waals surface area (Å²) in [6.45, 7) is 5.65. The molecule has 2 unspecified atom stereocenters. The maximum atomic E-state index is 5.67. The molecule has 0 bridgehead atoms. The van der Waals surface area contributed by atoms with Gasteiger partial charge >= 0.3 is 0 Å². The van der Waals surface area contributed by atoms with E-state index >= 15 is 0 Å². The molecule has 4 nitrogen and oxygen atoms in total. The quantitative estimate of drug-likeness (QED) is 0.761. The van der Waals surface area contributed by atoms with Gasteiger partial charge in [0.25, 0.3) is 0 Å². The molecule has 78 valence electrons. The van der Waals surface area contributed by atoms with Crippen LogP contribution >= 0.6 is 0 Å². The molecule has 4 heteroatoms. The predicted octanol–water partition coefficient (Wildman–Crippen LogP) is 0.866. The number of aromatic nitrogens is 2. The molecule has 0 aliphatic carbocycles. The molecule has 2 atom stereocenters. The molecule has 2 heterocycles. The van der Waals surface area contributed by atoms with Gasteiger partial charge in [0, 0.05) is 19.3 Å². The molecule has 1 aliphatic heterocycles. The SMILES string of the molecule is CC1OCCC1(C)n1cncc1CN. The number of hydrogen-bond donors (Lipinski definition) is 1. The van der Waals surface area contributed by atoms with Crippen LogP contribution in [0.2, 0.25) is 0 Å². The second-order valence-corrected chi connectivity index (χ2v) is 4.08. The van der Waals surface area contributed by atoms with E-state index in [1.807, 2.05) is 12.5 Å². The van der Waals surface area contributed by atoms with E-state index in [0.29, 0.717) is 6.54 Å². The molecule has 2 N–H and O–H groups in total. The molecule has 0 amide bonds. The Balaban J connectivity index is 2.37. The molecule has 1 aliphatic rings. The minimum Gasteiger partial charge on any atom is -0.376 e. The van der Waals surface area contributed by atoms with Crippen LogP contribution in [0.4, 0.5) is 0 Å². The smallest absolute Gasteiger partial charge is 0.0954 e. The highest BCUT2D eigenvalue weighted by Crippen LogP contribution is 2.33. The molecule has 0 saturated carbocycles. The van der Waals surface area contributed by atoms with E-state index in [2.05, 4.69) is 23.4 Å². The fourth-order valence-corrected chi connectivity index (χ4v) is 2.07. The molecule has 1 saturated heterocycles. The van der Waals surface area contributed by atoms with Crippen LogP contribution in [0.3, 0.4) is 0 Å². The number of ether oxygens (including phenoxy) is 1. The molecule has 0 aromatic carbocycles. The maximum absolute atomic E-state index is 5.67. The molecular weight excluding hydrogens is 178 g/mol. The van der Waals surface area contributed by atoms with E-state index in [4.69, 9.17) is 10.5 Å². The normalized spacial score (nSPS) is 32.4. The minimum absolute atomic E-state index is 0.0191. The summed E-state index contributed by atoms with van der Waals surface area (Å²) < 4.78 is 7.76. The number of nitrogens with zero attached hydrogens (tertiary/aromatic N) is 2. The Labute approximate surface area is 84.1 Å². The minimum atomic E-state index is 0.0191. The van der Waals surface area contributed by atoms with Crippen molar-refractivity contribution in [2.45, 2.75) is 38.5 Å². The average molecular weight is 195 g/mol. The zero-order valence-electron chi connectivity index (χ0n) is 8.73. The van der Waals surface area contributed by atoms with Gasteiger partial charge in [-0.15, -0.1) is 0 Å². The summed E-state index contributed by atoms with van der Waals surface area (Å²) in [4.78, 5) is 4.14. The summed E-state index contributed by atoms with van der Waals surface area (Å²) in [6.07, 6.45) is 4.93. The third-order valence-corrected chi connectivity index (χ3v) is 3.33. The van der Waals surface area contributed by atoms with Gasteiger partial charge in [-0.3, -0.25) is 0 Å². The van der Waals surface area contributed by atoms with Crippen LogP contribution in [-0.2, 0) is 16.8 Å². The van der Waals surface area contributed by atoms with Crippen LogP contribution in [0, 0.1) is 0 Å². The van der Waals surface area contributed by atoms with E-state index in [1.165, 1.54) is 0 Å². The van der Waals surface area contributed by atoms with Gasteiger partial charge in [0.2, 0.25) is 0 Å². The fraction of sp³-hybridized carbons (Fsp3) is 0.700. The fourth-order valence-electron chi connectivity index (χ4n) is 2.07. The summed E-state index contributed by atoms with van der Waals surface area (Å²) in [5, 5.41) is 0. The molecule has 14 heavy (non-hydrogen) atoms. The zero-order valence-corrected chi connectivity index (χ0v) is 8.73. The van der Waals surface area contributed by atoms with E-state index in [0.717, 1.165) is 18.7 Å². The Morgan fingerprint density at radius 2 is 2.57 bits per heavy atom. The summed E-state index contributed by atoms with van der Waals surface area (Å²) in [5.74, 6) is 0. The molecule has 0 radical (unpaired) electrons. The van der Waals surface area contributed by atoms with Crippen LogP contribution in [0.25, 0.3) is 0 Å². The van der Waals surface area contributed by atoms with E-state index in [9.17, 15) is 0 Å². The van der Waals surface area contributed by atoms with Crippen molar-refractivity contribution in [2.24, 2.45) is 5.73 Å². The molecule has 1 aromatic heterocycles. The number of rotatable bonds is 2. The van der Waals surface area contributed by atoms with E-state index < -0.39 is 0 Å². The Hall–Kier alpha value is -0.870. The summed E-state index contributed by atoms with van der Waals surface area (Å²) in [5.41, 5.74) is 6.76. The van der Waals surface area contributed by atoms with Gasteiger partial charge in [-0.25, -0.2) is 4.98 Å². The largest absolute Gasteiger partial charge is 0.376 e. The number of hydrogen-bond acceptors (Lipinski definition) is 3. The average Bonchev–Trinajstić information content (AvgIpc) is 2.75. The Bertz CT molecular complexity index is 323. The van der Waals surface area contributed by atoms with Crippen LogP contribution in [0.15, 0.2) is 12.5 Å². The van der Waals surface area contributed by atoms with Crippen molar-refractivity contribution in [1.29, 1.82) is 0 Å². The van der Waals surface area contributed by atoms with Gasteiger partial charge in [0.05, 0.1) is 23.7 Å². The van der Waals surface area contributed by atoms with Crippen molar-refractivity contribution >= 4 is 0 Å². The highest BCUT2D eigenvalue weighted by molar-refractivity contribution is 5.06. The first-order valence-corrected chi connectivity index (χ1v) is 5.02. The van der Waals surface area contributed by atoms with Crippen molar-refractivity contribution in [3.63, 3.8) is 0 Å². The Morgan fingerprint density at radius 1 is 1.79 bits per heavy atom. The molecule has 1 aromatic rings. The second-order valence-electron chi connectivity index (χ2n) is 4.08. The molecule has 1 fully saturated rings. The molecule has 0 spiro atoms. The first kappa shape index (κ1) is 9.68. The predicted molar refractivity (Wildman–Crippen MR) is 53.8 cm³/mol. The lowest BCUT2D eigenvalue weighted by Crippen LogP contribution is -2.37. The van der Waals surface area contributed by atoms with E-state index in [-0.39, 0.29) is 11.6 Å². The number of imidazole rings is 1. The third-order valence-electron chi connectivity index (χ3n) is 3.33. The van der Waals surface area contributed by atoms with Gasteiger partial charge < -0.3 is 15.0 Å². The highest BCUT2D eigenvalue weighted by atomic mass is 16.5. The van der Waals surface area contributed by atoms with Crippen molar-refractivity contribution in [2.75, 3.05) is 6.61 Å².